The molecule has 0 aromatic carbocycles. The average molecular weight is 267 g/mol. The standard InChI is InChI=1S/C14H25N3S/c1-4-11(8-15-2)13-10-18-14(16-13)12-6-5-7-17(3)9-12/h10-12,15H,4-9H2,1-3H3. The molecule has 1 aromatic heterocycles. The van der Waals surface area contributed by atoms with E-state index in [4.69, 9.17) is 4.98 Å². The Morgan fingerprint density at radius 2 is 2.44 bits per heavy atom. The SMILES string of the molecule is CCC(CNC)c1csc(C2CCCN(C)C2)n1. The third kappa shape index (κ3) is 3.31. The highest BCUT2D eigenvalue weighted by atomic mass is 32.1. The molecule has 1 saturated heterocycles. The largest absolute Gasteiger partial charge is 0.319 e. The van der Waals surface area contributed by atoms with Gasteiger partial charge in [0, 0.05) is 30.3 Å². The van der Waals surface area contributed by atoms with Gasteiger partial charge in [-0.15, -0.1) is 11.3 Å². The second-order valence-corrected chi connectivity index (χ2v) is 6.26. The molecular weight excluding hydrogens is 242 g/mol. The van der Waals surface area contributed by atoms with Crippen LogP contribution in [0.5, 0.6) is 0 Å². The number of nitrogens with one attached hydrogen (secondary N) is 1. The molecule has 0 spiro atoms. The summed E-state index contributed by atoms with van der Waals surface area (Å²) in [6.45, 7) is 5.70. The Labute approximate surface area is 115 Å². The minimum absolute atomic E-state index is 0.571. The first kappa shape index (κ1) is 14.0. The van der Waals surface area contributed by atoms with E-state index in [2.05, 4.69) is 29.6 Å². The zero-order valence-electron chi connectivity index (χ0n) is 11.8. The summed E-state index contributed by atoms with van der Waals surface area (Å²) in [7, 11) is 4.24. The van der Waals surface area contributed by atoms with E-state index in [0.717, 1.165) is 13.0 Å². The highest BCUT2D eigenvalue weighted by Crippen LogP contribution is 2.31. The number of rotatable bonds is 5. The Kier molecular flexibility index (Phi) is 5.15. The van der Waals surface area contributed by atoms with Gasteiger partial charge < -0.3 is 10.2 Å². The predicted octanol–water partition coefficient (Wildman–Crippen LogP) is 2.67. The van der Waals surface area contributed by atoms with Crippen LogP contribution in [0, 0.1) is 0 Å². The fraction of sp³-hybridized carbons (Fsp3) is 0.786. The predicted molar refractivity (Wildman–Crippen MR) is 78.5 cm³/mol. The molecule has 0 radical (unpaired) electrons. The lowest BCUT2D eigenvalue weighted by molar-refractivity contribution is 0.250. The maximum atomic E-state index is 4.91. The number of aromatic nitrogens is 1. The van der Waals surface area contributed by atoms with Crippen LogP contribution in [0.15, 0.2) is 5.38 Å². The molecule has 18 heavy (non-hydrogen) atoms. The van der Waals surface area contributed by atoms with Crippen molar-refractivity contribution in [2.24, 2.45) is 0 Å². The molecule has 1 aromatic rings. The van der Waals surface area contributed by atoms with Gasteiger partial charge in [0.15, 0.2) is 0 Å². The summed E-state index contributed by atoms with van der Waals surface area (Å²) in [5, 5.41) is 6.90. The first-order valence-electron chi connectivity index (χ1n) is 7.03. The molecule has 102 valence electrons. The summed E-state index contributed by atoms with van der Waals surface area (Å²) in [4.78, 5) is 7.34. The molecule has 4 heteroatoms. The van der Waals surface area contributed by atoms with Crippen molar-refractivity contribution in [3.05, 3.63) is 16.1 Å². The van der Waals surface area contributed by atoms with E-state index < -0.39 is 0 Å². The maximum Gasteiger partial charge on any atom is 0.0972 e. The molecule has 1 aliphatic heterocycles. The quantitative estimate of drug-likeness (QED) is 0.889. The van der Waals surface area contributed by atoms with Gasteiger partial charge in [-0.1, -0.05) is 6.92 Å². The van der Waals surface area contributed by atoms with Crippen molar-refractivity contribution in [3.63, 3.8) is 0 Å². The number of nitrogens with zero attached hydrogens (tertiary/aromatic N) is 2. The molecule has 1 aliphatic rings. The Morgan fingerprint density at radius 1 is 1.61 bits per heavy atom. The van der Waals surface area contributed by atoms with Gasteiger partial charge >= 0.3 is 0 Å². The Morgan fingerprint density at radius 3 is 3.11 bits per heavy atom. The molecule has 0 amide bonds. The van der Waals surface area contributed by atoms with Gasteiger partial charge in [-0.3, -0.25) is 0 Å². The zero-order valence-corrected chi connectivity index (χ0v) is 12.6. The first-order valence-corrected chi connectivity index (χ1v) is 7.91. The third-order valence-electron chi connectivity index (χ3n) is 3.88. The van der Waals surface area contributed by atoms with Crippen molar-refractivity contribution in [2.75, 3.05) is 33.7 Å². The molecule has 3 nitrogen and oxygen atoms in total. The van der Waals surface area contributed by atoms with E-state index in [-0.39, 0.29) is 0 Å². The van der Waals surface area contributed by atoms with Crippen LogP contribution < -0.4 is 5.32 Å². The lowest BCUT2D eigenvalue weighted by Gasteiger charge is -2.28. The van der Waals surface area contributed by atoms with Crippen molar-refractivity contribution in [1.82, 2.24) is 15.2 Å². The summed E-state index contributed by atoms with van der Waals surface area (Å²) in [6.07, 6.45) is 3.78. The summed E-state index contributed by atoms with van der Waals surface area (Å²) in [6, 6.07) is 0. The molecule has 0 aliphatic carbocycles. The van der Waals surface area contributed by atoms with Crippen molar-refractivity contribution in [1.29, 1.82) is 0 Å². The second kappa shape index (κ2) is 6.64. The van der Waals surface area contributed by atoms with E-state index in [9.17, 15) is 0 Å². The summed E-state index contributed by atoms with van der Waals surface area (Å²) >= 11 is 1.86. The van der Waals surface area contributed by atoms with E-state index >= 15 is 0 Å². The van der Waals surface area contributed by atoms with Gasteiger partial charge in [0.2, 0.25) is 0 Å². The Bertz CT molecular complexity index is 364. The maximum absolute atomic E-state index is 4.91. The van der Waals surface area contributed by atoms with Crippen LogP contribution in [-0.4, -0.2) is 43.6 Å². The van der Waals surface area contributed by atoms with E-state index in [0.29, 0.717) is 11.8 Å². The van der Waals surface area contributed by atoms with E-state index in [1.165, 1.54) is 36.6 Å². The summed E-state index contributed by atoms with van der Waals surface area (Å²) in [5.41, 5.74) is 1.29. The molecule has 0 saturated carbocycles. The van der Waals surface area contributed by atoms with Crippen LogP contribution in [0.25, 0.3) is 0 Å². The molecule has 0 bridgehead atoms. The van der Waals surface area contributed by atoms with Crippen molar-refractivity contribution < 1.29 is 0 Å². The monoisotopic (exact) mass is 267 g/mol. The van der Waals surface area contributed by atoms with Gasteiger partial charge in [-0.25, -0.2) is 4.98 Å². The normalized spacial score (nSPS) is 23.2. The van der Waals surface area contributed by atoms with Crippen LogP contribution in [0.3, 0.4) is 0 Å². The second-order valence-electron chi connectivity index (χ2n) is 5.37. The molecule has 1 N–H and O–H groups in total. The van der Waals surface area contributed by atoms with Gasteiger partial charge in [-0.05, 0) is 39.9 Å². The Balaban J connectivity index is 2.04. The molecule has 2 rings (SSSR count). The van der Waals surface area contributed by atoms with Crippen molar-refractivity contribution >= 4 is 11.3 Å². The Hall–Kier alpha value is -0.450. The molecule has 1 fully saturated rings. The van der Waals surface area contributed by atoms with Crippen molar-refractivity contribution in [2.45, 2.75) is 38.0 Å². The minimum atomic E-state index is 0.571. The van der Waals surface area contributed by atoms with Crippen molar-refractivity contribution in [3.8, 4) is 0 Å². The molecule has 2 unspecified atom stereocenters. The van der Waals surface area contributed by atoms with Gasteiger partial charge in [0.05, 0.1) is 10.7 Å². The fourth-order valence-corrected chi connectivity index (χ4v) is 3.78. The number of likely N-dealkylation sites (N-methyl/N-ethyl adjacent to an activating group) is 2. The number of piperidine rings is 1. The molecule has 2 heterocycles. The van der Waals surface area contributed by atoms with Crippen LogP contribution in [0.2, 0.25) is 0 Å². The zero-order chi connectivity index (χ0) is 13.0. The van der Waals surface area contributed by atoms with Gasteiger partial charge in [0.1, 0.15) is 0 Å². The van der Waals surface area contributed by atoms with E-state index in [1.807, 2.05) is 18.4 Å². The first-order chi connectivity index (χ1) is 8.74. The number of thiazole rings is 1. The number of hydrogen-bond acceptors (Lipinski definition) is 4. The minimum Gasteiger partial charge on any atom is -0.319 e. The smallest absolute Gasteiger partial charge is 0.0972 e. The van der Waals surface area contributed by atoms with Gasteiger partial charge in [0.25, 0.3) is 0 Å². The average Bonchev–Trinajstić information content (AvgIpc) is 2.85. The van der Waals surface area contributed by atoms with Gasteiger partial charge in [-0.2, -0.15) is 0 Å². The fourth-order valence-electron chi connectivity index (χ4n) is 2.75. The molecular formula is C14H25N3S. The number of hydrogen-bond donors (Lipinski definition) is 1. The van der Waals surface area contributed by atoms with Crippen LogP contribution in [0.1, 0.15) is 48.7 Å². The molecule has 2 atom stereocenters. The highest BCUT2D eigenvalue weighted by Gasteiger charge is 2.22. The lowest BCUT2D eigenvalue weighted by Crippen LogP contribution is -2.30. The number of likely N-dealkylation sites (tertiary alicyclic amines) is 1. The third-order valence-corrected chi connectivity index (χ3v) is 4.90. The lowest BCUT2D eigenvalue weighted by atomic mass is 9.99. The van der Waals surface area contributed by atoms with E-state index in [1.54, 1.807) is 0 Å². The summed E-state index contributed by atoms with van der Waals surface area (Å²) in [5.74, 6) is 1.23. The van der Waals surface area contributed by atoms with Crippen LogP contribution >= 0.6 is 11.3 Å². The highest BCUT2D eigenvalue weighted by molar-refractivity contribution is 7.09. The topological polar surface area (TPSA) is 28.2 Å². The van der Waals surface area contributed by atoms with Crippen LogP contribution in [-0.2, 0) is 0 Å². The van der Waals surface area contributed by atoms with Crippen LogP contribution in [0.4, 0.5) is 0 Å². The summed E-state index contributed by atoms with van der Waals surface area (Å²) < 4.78 is 0.